The number of hydrogen-bond acceptors (Lipinski definition) is 3. The minimum Gasteiger partial charge on any atom is -0.395 e. The summed E-state index contributed by atoms with van der Waals surface area (Å²) in [6.45, 7) is 7.91. The van der Waals surface area contributed by atoms with E-state index in [1.54, 1.807) is 0 Å². The predicted octanol–water partition coefficient (Wildman–Crippen LogP) is 0.441. The molecule has 1 heterocycles. The topological polar surface area (TPSA) is 35.5 Å². The van der Waals surface area contributed by atoms with Crippen LogP contribution in [0.1, 0.15) is 26.7 Å². The van der Waals surface area contributed by atoms with Crippen LogP contribution in [0, 0.1) is 0 Å². The second kappa shape index (κ2) is 5.58. The summed E-state index contributed by atoms with van der Waals surface area (Å²) in [4.78, 5) is 2.38. The second-order valence-electron chi connectivity index (χ2n) is 4.12. The Labute approximate surface area is 81.1 Å². The lowest BCUT2D eigenvalue weighted by molar-refractivity contribution is 0.159. The van der Waals surface area contributed by atoms with Gasteiger partial charge >= 0.3 is 0 Å². The molecule has 3 heteroatoms. The molecular formula is C10H22N2O. The molecule has 1 fully saturated rings. The molecule has 13 heavy (non-hydrogen) atoms. The van der Waals surface area contributed by atoms with Gasteiger partial charge in [-0.05, 0) is 19.4 Å². The molecule has 0 bridgehead atoms. The van der Waals surface area contributed by atoms with Crippen molar-refractivity contribution >= 4 is 0 Å². The van der Waals surface area contributed by atoms with Gasteiger partial charge in [0.2, 0.25) is 0 Å². The summed E-state index contributed by atoms with van der Waals surface area (Å²) in [5, 5.41) is 12.5. The summed E-state index contributed by atoms with van der Waals surface area (Å²) < 4.78 is 0. The molecule has 0 aromatic carbocycles. The maximum absolute atomic E-state index is 9.08. The lowest BCUT2D eigenvalue weighted by Gasteiger charge is -2.23. The van der Waals surface area contributed by atoms with Gasteiger partial charge < -0.3 is 10.4 Å². The van der Waals surface area contributed by atoms with Crippen LogP contribution in [0.25, 0.3) is 0 Å². The standard InChI is InChI=1S/C10H22N2O/c1-9(2)11-5-7-12-6-3-4-10(12)8-13/h9-11,13H,3-8H2,1-2H3. The monoisotopic (exact) mass is 186 g/mol. The second-order valence-corrected chi connectivity index (χ2v) is 4.12. The van der Waals surface area contributed by atoms with Gasteiger partial charge in [-0.25, -0.2) is 0 Å². The van der Waals surface area contributed by atoms with E-state index in [4.69, 9.17) is 5.11 Å². The van der Waals surface area contributed by atoms with Gasteiger partial charge in [0.15, 0.2) is 0 Å². The summed E-state index contributed by atoms with van der Waals surface area (Å²) in [5.41, 5.74) is 0. The Bertz CT molecular complexity index is 139. The molecule has 1 rings (SSSR count). The highest BCUT2D eigenvalue weighted by Gasteiger charge is 2.22. The van der Waals surface area contributed by atoms with Crippen LogP contribution >= 0.6 is 0 Å². The van der Waals surface area contributed by atoms with Gasteiger partial charge in [0.1, 0.15) is 0 Å². The number of rotatable bonds is 5. The van der Waals surface area contributed by atoms with Gasteiger partial charge in [0, 0.05) is 25.2 Å². The fourth-order valence-electron chi connectivity index (χ4n) is 1.89. The SMILES string of the molecule is CC(C)NCCN1CCCC1CO. The van der Waals surface area contributed by atoms with Crippen molar-refractivity contribution in [2.75, 3.05) is 26.2 Å². The van der Waals surface area contributed by atoms with Gasteiger partial charge in [-0.3, -0.25) is 4.90 Å². The molecule has 0 amide bonds. The van der Waals surface area contributed by atoms with E-state index in [1.165, 1.54) is 6.42 Å². The van der Waals surface area contributed by atoms with Crippen LogP contribution in [0.15, 0.2) is 0 Å². The Morgan fingerprint density at radius 1 is 1.54 bits per heavy atom. The van der Waals surface area contributed by atoms with Crippen molar-refractivity contribution in [2.24, 2.45) is 0 Å². The van der Waals surface area contributed by atoms with E-state index in [0.29, 0.717) is 18.7 Å². The molecular weight excluding hydrogens is 164 g/mol. The zero-order valence-electron chi connectivity index (χ0n) is 8.79. The molecule has 0 spiro atoms. The molecule has 0 aromatic heterocycles. The third kappa shape index (κ3) is 3.63. The Morgan fingerprint density at radius 3 is 2.92 bits per heavy atom. The Kier molecular flexibility index (Phi) is 4.70. The minimum absolute atomic E-state index is 0.321. The first kappa shape index (κ1) is 11.0. The van der Waals surface area contributed by atoms with E-state index >= 15 is 0 Å². The maximum atomic E-state index is 9.08. The van der Waals surface area contributed by atoms with Crippen molar-refractivity contribution in [3.05, 3.63) is 0 Å². The van der Waals surface area contributed by atoms with Crippen molar-refractivity contribution in [1.82, 2.24) is 10.2 Å². The van der Waals surface area contributed by atoms with E-state index in [1.807, 2.05) is 0 Å². The first-order valence-corrected chi connectivity index (χ1v) is 5.32. The molecule has 2 N–H and O–H groups in total. The number of aliphatic hydroxyl groups is 1. The number of nitrogens with zero attached hydrogens (tertiary/aromatic N) is 1. The zero-order valence-corrected chi connectivity index (χ0v) is 8.79. The Morgan fingerprint density at radius 2 is 2.31 bits per heavy atom. The average Bonchev–Trinajstić information content (AvgIpc) is 2.51. The van der Waals surface area contributed by atoms with Crippen LogP contribution in [0.3, 0.4) is 0 Å². The molecule has 78 valence electrons. The first-order valence-electron chi connectivity index (χ1n) is 5.32. The minimum atomic E-state index is 0.321. The normalized spacial score (nSPS) is 24.5. The smallest absolute Gasteiger partial charge is 0.0586 e. The summed E-state index contributed by atoms with van der Waals surface area (Å²) in [6.07, 6.45) is 2.41. The van der Waals surface area contributed by atoms with Crippen molar-refractivity contribution < 1.29 is 5.11 Å². The number of nitrogens with one attached hydrogen (secondary N) is 1. The zero-order chi connectivity index (χ0) is 9.68. The third-order valence-corrected chi connectivity index (χ3v) is 2.66. The van der Waals surface area contributed by atoms with Crippen LogP contribution in [-0.2, 0) is 0 Å². The molecule has 1 unspecified atom stereocenters. The van der Waals surface area contributed by atoms with E-state index in [0.717, 1.165) is 26.1 Å². The van der Waals surface area contributed by atoms with Crippen LogP contribution in [0.2, 0.25) is 0 Å². The summed E-state index contributed by atoms with van der Waals surface area (Å²) in [7, 11) is 0. The Balaban J connectivity index is 2.13. The molecule has 0 saturated carbocycles. The maximum Gasteiger partial charge on any atom is 0.0586 e. The number of hydrogen-bond donors (Lipinski definition) is 2. The summed E-state index contributed by atoms with van der Waals surface area (Å²) >= 11 is 0. The van der Waals surface area contributed by atoms with E-state index in [-0.39, 0.29) is 0 Å². The van der Waals surface area contributed by atoms with Gasteiger partial charge in [-0.2, -0.15) is 0 Å². The number of likely N-dealkylation sites (tertiary alicyclic amines) is 1. The summed E-state index contributed by atoms with van der Waals surface area (Å²) in [5.74, 6) is 0. The first-order chi connectivity index (χ1) is 6.24. The molecule has 1 saturated heterocycles. The molecule has 0 aromatic rings. The van der Waals surface area contributed by atoms with Crippen LogP contribution in [0.4, 0.5) is 0 Å². The molecule has 1 aliphatic rings. The Hall–Kier alpha value is -0.120. The molecule has 0 radical (unpaired) electrons. The van der Waals surface area contributed by atoms with Crippen LogP contribution in [0.5, 0.6) is 0 Å². The number of aliphatic hydroxyl groups excluding tert-OH is 1. The van der Waals surface area contributed by atoms with Crippen molar-refractivity contribution in [3.8, 4) is 0 Å². The third-order valence-electron chi connectivity index (χ3n) is 2.66. The van der Waals surface area contributed by atoms with Gasteiger partial charge in [-0.15, -0.1) is 0 Å². The fraction of sp³-hybridized carbons (Fsp3) is 1.00. The molecule has 3 nitrogen and oxygen atoms in total. The van der Waals surface area contributed by atoms with Gasteiger partial charge in [0.05, 0.1) is 6.61 Å². The van der Waals surface area contributed by atoms with Crippen LogP contribution < -0.4 is 5.32 Å². The highest BCUT2D eigenvalue weighted by atomic mass is 16.3. The lowest BCUT2D eigenvalue weighted by atomic mass is 10.2. The highest BCUT2D eigenvalue weighted by Crippen LogP contribution is 2.15. The van der Waals surface area contributed by atoms with Crippen LogP contribution in [-0.4, -0.2) is 48.3 Å². The molecule has 1 atom stereocenters. The predicted molar refractivity (Wildman–Crippen MR) is 54.8 cm³/mol. The van der Waals surface area contributed by atoms with Gasteiger partial charge in [-0.1, -0.05) is 13.8 Å². The molecule has 1 aliphatic heterocycles. The highest BCUT2D eigenvalue weighted by molar-refractivity contribution is 4.78. The summed E-state index contributed by atoms with van der Waals surface area (Å²) in [6, 6.07) is 0.990. The van der Waals surface area contributed by atoms with E-state index in [9.17, 15) is 0 Å². The van der Waals surface area contributed by atoms with Crippen molar-refractivity contribution in [3.63, 3.8) is 0 Å². The van der Waals surface area contributed by atoms with E-state index in [2.05, 4.69) is 24.1 Å². The van der Waals surface area contributed by atoms with Gasteiger partial charge in [0.25, 0.3) is 0 Å². The average molecular weight is 186 g/mol. The van der Waals surface area contributed by atoms with E-state index < -0.39 is 0 Å². The quantitative estimate of drug-likeness (QED) is 0.654. The largest absolute Gasteiger partial charge is 0.395 e. The molecule has 0 aliphatic carbocycles. The van der Waals surface area contributed by atoms with Crippen molar-refractivity contribution in [1.29, 1.82) is 0 Å². The van der Waals surface area contributed by atoms with Crippen molar-refractivity contribution in [2.45, 2.75) is 38.8 Å². The fourth-order valence-corrected chi connectivity index (χ4v) is 1.89. The lowest BCUT2D eigenvalue weighted by Crippen LogP contribution is -2.39.